The first kappa shape index (κ1) is 15.8. The second-order valence-electron chi connectivity index (χ2n) is 6.09. The molecule has 0 radical (unpaired) electrons. The molecule has 2 aliphatic rings. The van der Waals surface area contributed by atoms with Gasteiger partial charge in [-0.25, -0.2) is 4.79 Å². The number of nitrogens with zero attached hydrogens (tertiary/aromatic N) is 3. The third-order valence-electron chi connectivity index (χ3n) is 4.37. The molecule has 2 amide bonds. The van der Waals surface area contributed by atoms with Crippen molar-refractivity contribution >= 4 is 17.7 Å². The molecule has 24 heavy (non-hydrogen) atoms. The molecular formula is C17H16N4O3. The minimum atomic E-state index is -0.553. The second-order valence-corrected chi connectivity index (χ2v) is 6.09. The molecule has 122 valence electrons. The van der Waals surface area contributed by atoms with E-state index in [0.29, 0.717) is 17.8 Å². The van der Waals surface area contributed by atoms with Gasteiger partial charge in [0.05, 0.1) is 36.2 Å². The molecule has 0 spiro atoms. The van der Waals surface area contributed by atoms with E-state index in [9.17, 15) is 20.1 Å². The van der Waals surface area contributed by atoms with E-state index in [-0.39, 0.29) is 12.5 Å². The molecule has 1 unspecified atom stereocenters. The summed E-state index contributed by atoms with van der Waals surface area (Å²) >= 11 is 0. The minimum Gasteiger partial charge on any atom is -0.442 e. The van der Waals surface area contributed by atoms with Crippen molar-refractivity contribution in [2.45, 2.75) is 31.3 Å². The zero-order valence-electron chi connectivity index (χ0n) is 13.2. The third-order valence-corrected chi connectivity index (χ3v) is 4.37. The third kappa shape index (κ3) is 2.77. The fourth-order valence-electron chi connectivity index (χ4n) is 2.87. The highest BCUT2D eigenvalue weighted by atomic mass is 16.6. The number of rotatable bonds is 4. The highest BCUT2D eigenvalue weighted by molar-refractivity contribution is 5.90. The van der Waals surface area contributed by atoms with Gasteiger partial charge in [-0.1, -0.05) is 6.07 Å². The zero-order chi connectivity index (χ0) is 17.3. The molecule has 2 fully saturated rings. The summed E-state index contributed by atoms with van der Waals surface area (Å²) in [6, 6.07) is 9.50. The van der Waals surface area contributed by atoms with Crippen LogP contribution in [0.15, 0.2) is 18.2 Å². The molecule has 3 rings (SSSR count). The summed E-state index contributed by atoms with van der Waals surface area (Å²) in [5.74, 6) is -0.188. The lowest BCUT2D eigenvalue weighted by atomic mass is 9.92. The van der Waals surface area contributed by atoms with Gasteiger partial charge in [-0.3, -0.25) is 9.69 Å². The molecule has 0 bridgehead atoms. The topological polar surface area (TPSA) is 106 Å². The monoisotopic (exact) mass is 324 g/mol. The van der Waals surface area contributed by atoms with Gasteiger partial charge in [-0.2, -0.15) is 10.5 Å². The van der Waals surface area contributed by atoms with Crippen molar-refractivity contribution in [2.75, 3.05) is 18.0 Å². The van der Waals surface area contributed by atoms with Gasteiger partial charge in [0.1, 0.15) is 6.10 Å². The maximum absolute atomic E-state index is 12.0. The highest BCUT2D eigenvalue weighted by Crippen LogP contribution is 2.49. The minimum absolute atomic E-state index is 0.188. The molecule has 7 nitrogen and oxygen atoms in total. The van der Waals surface area contributed by atoms with E-state index in [0.717, 1.165) is 18.4 Å². The van der Waals surface area contributed by atoms with Gasteiger partial charge in [0, 0.05) is 12.6 Å². The van der Waals surface area contributed by atoms with E-state index in [2.05, 4.69) is 17.5 Å². The predicted molar refractivity (Wildman–Crippen MR) is 84.0 cm³/mol. The fraction of sp³-hybridized carbons (Fsp3) is 0.412. The molecule has 1 heterocycles. The molecule has 1 atom stereocenters. The van der Waals surface area contributed by atoms with Gasteiger partial charge in [0.15, 0.2) is 0 Å². The Kier molecular flexibility index (Phi) is 3.86. The Morgan fingerprint density at radius 1 is 1.46 bits per heavy atom. The number of nitrogens with one attached hydrogen (secondary N) is 1. The predicted octanol–water partition coefficient (Wildman–Crippen LogP) is 1.57. The van der Waals surface area contributed by atoms with Crippen molar-refractivity contribution in [3.8, 4) is 12.1 Å². The van der Waals surface area contributed by atoms with Crippen LogP contribution >= 0.6 is 0 Å². The van der Waals surface area contributed by atoms with Gasteiger partial charge in [0.25, 0.3) is 0 Å². The van der Waals surface area contributed by atoms with Crippen LogP contribution in [0.1, 0.15) is 30.9 Å². The SMILES string of the molecule is CC(=O)NCC1CN(c2ccc(C3(C#N)CC3)c(C#N)c2)C(=O)O1. The highest BCUT2D eigenvalue weighted by Gasteiger charge is 2.46. The summed E-state index contributed by atoms with van der Waals surface area (Å²) in [5, 5.41) is 21.3. The van der Waals surface area contributed by atoms with Crippen molar-refractivity contribution in [1.82, 2.24) is 5.32 Å². The Morgan fingerprint density at radius 3 is 2.79 bits per heavy atom. The Morgan fingerprint density at radius 2 is 2.21 bits per heavy atom. The van der Waals surface area contributed by atoms with Crippen LogP contribution in [-0.2, 0) is 14.9 Å². The van der Waals surface area contributed by atoms with E-state index >= 15 is 0 Å². The molecule has 1 aliphatic heterocycles. The van der Waals surface area contributed by atoms with Crippen LogP contribution in [0, 0.1) is 22.7 Å². The average molecular weight is 324 g/mol. The van der Waals surface area contributed by atoms with Gasteiger partial charge >= 0.3 is 6.09 Å². The van der Waals surface area contributed by atoms with Crippen LogP contribution in [0.3, 0.4) is 0 Å². The van der Waals surface area contributed by atoms with Crippen LogP contribution in [0.2, 0.25) is 0 Å². The smallest absolute Gasteiger partial charge is 0.414 e. The molecule has 1 aliphatic carbocycles. The van der Waals surface area contributed by atoms with Crippen LogP contribution in [0.4, 0.5) is 10.5 Å². The van der Waals surface area contributed by atoms with Crippen LogP contribution < -0.4 is 10.2 Å². The van der Waals surface area contributed by atoms with Gasteiger partial charge in [0.2, 0.25) is 5.91 Å². The second kappa shape index (κ2) is 5.86. The van der Waals surface area contributed by atoms with Crippen molar-refractivity contribution in [3.63, 3.8) is 0 Å². The molecule has 0 aromatic heterocycles. The number of hydrogen-bond acceptors (Lipinski definition) is 5. The van der Waals surface area contributed by atoms with Gasteiger partial charge < -0.3 is 10.1 Å². The summed E-state index contributed by atoms with van der Waals surface area (Å²) in [5.41, 5.74) is 1.13. The largest absolute Gasteiger partial charge is 0.442 e. The van der Waals surface area contributed by atoms with Crippen molar-refractivity contribution < 1.29 is 14.3 Å². The normalized spacial score (nSPS) is 20.7. The van der Waals surface area contributed by atoms with E-state index < -0.39 is 17.6 Å². The molecule has 1 saturated heterocycles. The first-order chi connectivity index (χ1) is 11.5. The summed E-state index contributed by atoms with van der Waals surface area (Å²) in [6.07, 6.45) is 0.563. The van der Waals surface area contributed by atoms with Gasteiger partial charge in [-0.15, -0.1) is 0 Å². The van der Waals surface area contributed by atoms with E-state index in [4.69, 9.17) is 4.74 Å². The number of anilines is 1. The Balaban J connectivity index is 1.81. The average Bonchev–Trinajstić information content (AvgIpc) is 3.29. The maximum Gasteiger partial charge on any atom is 0.414 e. The van der Waals surface area contributed by atoms with Crippen molar-refractivity contribution in [3.05, 3.63) is 29.3 Å². The van der Waals surface area contributed by atoms with Crippen molar-refractivity contribution in [1.29, 1.82) is 10.5 Å². The Hall–Kier alpha value is -3.06. The number of carbonyl (C=O) groups is 2. The lowest BCUT2D eigenvalue weighted by Gasteiger charge is -2.16. The molecular weight excluding hydrogens is 308 g/mol. The quantitative estimate of drug-likeness (QED) is 0.905. The number of hydrogen-bond donors (Lipinski definition) is 1. The zero-order valence-corrected chi connectivity index (χ0v) is 13.2. The Labute approximate surface area is 139 Å². The summed E-state index contributed by atoms with van der Waals surface area (Å²) < 4.78 is 5.22. The van der Waals surface area contributed by atoms with Crippen LogP contribution in [0.5, 0.6) is 0 Å². The van der Waals surface area contributed by atoms with Crippen LogP contribution in [0.25, 0.3) is 0 Å². The standard InChI is InChI=1S/C17H16N4O3/c1-11(22)20-8-14-9-21(16(23)24-14)13-2-3-15(12(6-13)7-18)17(10-19)4-5-17/h2-3,6,14H,4-5,8-9H2,1H3,(H,20,22). The Bertz CT molecular complexity index is 786. The molecule has 7 heteroatoms. The van der Waals surface area contributed by atoms with E-state index in [1.807, 2.05) is 0 Å². The lowest BCUT2D eigenvalue weighted by molar-refractivity contribution is -0.119. The molecule has 1 aromatic rings. The van der Waals surface area contributed by atoms with E-state index in [1.165, 1.54) is 11.8 Å². The number of nitriles is 2. The number of ether oxygens (including phenoxy) is 1. The maximum atomic E-state index is 12.0. The lowest BCUT2D eigenvalue weighted by Crippen LogP contribution is -2.33. The number of amides is 2. The van der Waals surface area contributed by atoms with Crippen LogP contribution in [-0.4, -0.2) is 31.2 Å². The summed E-state index contributed by atoms with van der Waals surface area (Å²) in [6.45, 7) is 1.94. The molecule has 1 aromatic carbocycles. The van der Waals surface area contributed by atoms with Crippen molar-refractivity contribution in [2.24, 2.45) is 0 Å². The molecule has 1 saturated carbocycles. The fourth-order valence-corrected chi connectivity index (χ4v) is 2.87. The first-order valence-electron chi connectivity index (χ1n) is 7.67. The van der Waals surface area contributed by atoms with Gasteiger partial charge in [-0.05, 0) is 30.5 Å². The first-order valence-corrected chi connectivity index (χ1v) is 7.67. The summed E-state index contributed by atoms with van der Waals surface area (Å²) in [4.78, 5) is 24.4. The number of benzene rings is 1. The molecule has 1 N–H and O–H groups in total. The summed E-state index contributed by atoms with van der Waals surface area (Å²) in [7, 11) is 0. The van der Waals surface area contributed by atoms with E-state index in [1.54, 1.807) is 18.2 Å². The number of cyclic esters (lactones) is 1. The number of carbonyl (C=O) groups excluding carboxylic acids is 2.